The number of amides is 1. The molecule has 1 aromatic rings. The normalized spacial score (nSPS) is 19.5. The number of benzene rings is 1. The number of nitrogens with two attached hydrogens (primary N) is 1. The summed E-state index contributed by atoms with van der Waals surface area (Å²) >= 11 is 0. The van der Waals surface area contributed by atoms with Gasteiger partial charge in [-0.15, -0.1) is 12.4 Å². The number of anilines is 1. The highest BCUT2D eigenvalue weighted by atomic mass is 35.5. The van der Waals surface area contributed by atoms with Crippen molar-refractivity contribution in [3.8, 4) is 5.75 Å². The minimum Gasteiger partial charge on any atom is -0.497 e. The van der Waals surface area contributed by atoms with E-state index in [1.165, 1.54) is 0 Å². The zero-order chi connectivity index (χ0) is 10.8. The second-order valence-electron chi connectivity index (χ2n) is 3.67. The fourth-order valence-corrected chi connectivity index (χ4v) is 1.75. The summed E-state index contributed by atoms with van der Waals surface area (Å²) in [6.45, 7) is 0.602. The number of halogens is 1. The summed E-state index contributed by atoms with van der Waals surface area (Å²) in [4.78, 5) is 13.3. The molecule has 2 N–H and O–H groups in total. The first-order chi connectivity index (χ1) is 7.20. The van der Waals surface area contributed by atoms with Gasteiger partial charge in [-0.25, -0.2) is 0 Å². The monoisotopic (exact) mass is 242 g/mol. The van der Waals surface area contributed by atoms with Crippen molar-refractivity contribution in [1.29, 1.82) is 0 Å². The van der Waals surface area contributed by atoms with Gasteiger partial charge in [-0.1, -0.05) is 0 Å². The van der Waals surface area contributed by atoms with Gasteiger partial charge in [0.05, 0.1) is 7.11 Å². The summed E-state index contributed by atoms with van der Waals surface area (Å²) in [5, 5.41) is 0. The molecule has 0 radical (unpaired) electrons. The van der Waals surface area contributed by atoms with Gasteiger partial charge in [0.1, 0.15) is 5.75 Å². The van der Waals surface area contributed by atoms with Gasteiger partial charge < -0.3 is 15.4 Å². The van der Waals surface area contributed by atoms with Crippen LogP contribution in [0, 0.1) is 0 Å². The number of methoxy groups -OCH3 is 1. The highest BCUT2D eigenvalue weighted by Crippen LogP contribution is 2.23. The van der Waals surface area contributed by atoms with Crippen molar-refractivity contribution >= 4 is 24.0 Å². The highest BCUT2D eigenvalue weighted by Gasteiger charge is 2.27. The minimum absolute atomic E-state index is 0. The molecule has 16 heavy (non-hydrogen) atoms. The molecule has 1 aliphatic rings. The molecule has 1 heterocycles. The average Bonchev–Trinajstić information content (AvgIpc) is 2.58. The molecule has 1 unspecified atom stereocenters. The maximum atomic E-state index is 11.6. The zero-order valence-electron chi connectivity index (χ0n) is 9.05. The van der Waals surface area contributed by atoms with E-state index in [-0.39, 0.29) is 24.4 Å². The largest absolute Gasteiger partial charge is 0.497 e. The van der Waals surface area contributed by atoms with Gasteiger partial charge in [0.2, 0.25) is 5.91 Å². The smallest absolute Gasteiger partial charge is 0.228 e. The maximum absolute atomic E-state index is 11.6. The molecule has 1 aliphatic heterocycles. The number of hydrogen-bond donors (Lipinski definition) is 1. The molecule has 4 nitrogen and oxygen atoms in total. The molecule has 0 aliphatic carbocycles. The SMILES string of the molecule is COc1ccc(N2CC(N)CC2=O)cc1.Cl. The summed E-state index contributed by atoms with van der Waals surface area (Å²) in [6, 6.07) is 7.38. The molecule has 5 heteroatoms. The second kappa shape index (κ2) is 5.18. The number of hydrogen-bond acceptors (Lipinski definition) is 3. The average molecular weight is 243 g/mol. The van der Waals surface area contributed by atoms with Crippen LogP contribution in [-0.4, -0.2) is 25.6 Å². The number of ether oxygens (including phenoxy) is 1. The number of rotatable bonds is 2. The number of carbonyl (C=O) groups is 1. The molecule has 0 bridgehead atoms. The van der Waals surface area contributed by atoms with E-state index in [1.807, 2.05) is 24.3 Å². The van der Waals surface area contributed by atoms with Crippen LogP contribution in [0.25, 0.3) is 0 Å². The van der Waals surface area contributed by atoms with Crippen molar-refractivity contribution in [3.63, 3.8) is 0 Å². The summed E-state index contributed by atoms with van der Waals surface area (Å²) in [6.07, 6.45) is 0.437. The van der Waals surface area contributed by atoms with Gasteiger partial charge >= 0.3 is 0 Å². The van der Waals surface area contributed by atoms with E-state index >= 15 is 0 Å². The van der Waals surface area contributed by atoms with Crippen LogP contribution >= 0.6 is 12.4 Å². The molecule has 0 aromatic heterocycles. The van der Waals surface area contributed by atoms with E-state index in [0.717, 1.165) is 11.4 Å². The molecule has 1 amide bonds. The number of nitrogens with zero attached hydrogens (tertiary/aromatic N) is 1. The van der Waals surface area contributed by atoms with Crippen LogP contribution < -0.4 is 15.4 Å². The Hall–Kier alpha value is -1.26. The van der Waals surface area contributed by atoms with Crippen LogP contribution in [0.5, 0.6) is 5.75 Å². The predicted octanol–water partition coefficient (Wildman–Crippen LogP) is 1.18. The molecular weight excluding hydrogens is 228 g/mol. The predicted molar refractivity (Wildman–Crippen MR) is 65.2 cm³/mol. The third-order valence-corrected chi connectivity index (χ3v) is 2.54. The van der Waals surface area contributed by atoms with Gasteiger partial charge in [-0.3, -0.25) is 4.79 Å². The third-order valence-electron chi connectivity index (χ3n) is 2.54. The van der Waals surface area contributed by atoms with Gasteiger partial charge in [0, 0.05) is 24.7 Å². The topological polar surface area (TPSA) is 55.6 Å². The van der Waals surface area contributed by atoms with Gasteiger partial charge in [0.15, 0.2) is 0 Å². The first kappa shape index (κ1) is 12.8. The van der Waals surface area contributed by atoms with E-state index < -0.39 is 0 Å². The van der Waals surface area contributed by atoms with Crippen LogP contribution in [0.15, 0.2) is 24.3 Å². The van der Waals surface area contributed by atoms with Gasteiger partial charge in [-0.2, -0.15) is 0 Å². The Labute approximate surface area is 101 Å². The second-order valence-corrected chi connectivity index (χ2v) is 3.67. The Morgan fingerprint density at radius 3 is 2.44 bits per heavy atom. The van der Waals surface area contributed by atoms with Crippen molar-refractivity contribution in [2.24, 2.45) is 5.73 Å². The zero-order valence-corrected chi connectivity index (χ0v) is 9.87. The molecule has 88 valence electrons. The van der Waals surface area contributed by atoms with Crippen molar-refractivity contribution in [2.45, 2.75) is 12.5 Å². The van der Waals surface area contributed by atoms with Crippen molar-refractivity contribution < 1.29 is 9.53 Å². The lowest BCUT2D eigenvalue weighted by Crippen LogP contribution is -2.27. The van der Waals surface area contributed by atoms with E-state index in [2.05, 4.69) is 0 Å². The summed E-state index contributed by atoms with van der Waals surface area (Å²) < 4.78 is 5.05. The standard InChI is InChI=1S/C11H14N2O2.ClH/c1-15-10-4-2-9(3-5-10)13-7-8(12)6-11(13)14;/h2-5,8H,6-7,12H2,1H3;1H. The molecule has 2 rings (SSSR count). The lowest BCUT2D eigenvalue weighted by atomic mass is 10.3. The summed E-state index contributed by atoms with van der Waals surface area (Å²) in [5.41, 5.74) is 6.60. The molecule has 1 saturated heterocycles. The Balaban J connectivity index is 0.00000128. The van der Waals surface area contributed by atoms with Crippen LogP contribution in [-0.2, 0) is 4.79 Å². The molecule has 1 fully saturated rings. The fraction of sp³-hybridized carbons (Fsp3) is 0.364. The van der Waals surface area contributed by atoms with Crippen molar-refractivity contribution in [3.05, 3.63) is 24.3 Å². The molecule has 1 aromatic carbocycles. The van der Waals surface area contributed by atoms with Gasteiger partial charge in [0.25, 0.3) is 0 Å². The number of carbonyl (C=O) groups excluding carboxylic acids is 1. The molecule has 0 saturated carbocycles. The highest BCUT2D eigenvalue weighted by molar-refractivity contribution is 5.96. The van der Waals surface area contributed by atoms with Crippen LogP contribution in [0.3, 0.4) is 0 Å². The van der Waals surface area contributed by atoms with E-state index in [9.17, 15) is 4.79 Å². The van der Waals surface area contributed by atoms with Crippen LogP contribution in [0.2, 0.25) is 0 Å². The summed E-state index contributed by atoms with van der Waals surface area (Å²) in [5.74, 6) is 0.877. The van der Waals surface area contributed by atoms with Gasteiger partial charge in [-0.05, 0) is 24.3 Å². The first-order valence-corrected chi connectivity index (χ1v) is 4.90. The van der Waals surface area contributed by atoms with E-state index in [0.29, 0.717) is 13.0 Å². The molecule has 1 atom stereocenters. The van der Waals surface area contributed by atoms with Crippen molar-refractivity contribution in [1.82, 2.24) is 0 Å². The summed E-state index contributed by atoms with van der Waals surface area (Å²) in [7, 11) is 1.62. The van der Waals surface area contributed by atoms with Crippen LogP contribution in [0.1, 0.15) is 6.42 Å². The Morgan fingerprint density at radius 2 is 2.00 bits per heavy atom. The fourth-order valence-electron chi connectivity index (χ4n) is 1.75. The van der Waals surface area contributed by atoms with E-state index in [1.54, 1.807) is 12.0 Å². The maximum Gasteiger partial charge on any atom is 0.228 e. The lowest BCUT2D eigenvalue weighted by Gasteiger charge is -2.16. The Bertz CT molecular complexity index is 367. The first-order valence-electron chi connectivity index (χ1n) is 4.90. The van der Waals surface area contributed by atoms with E-state index in [4.69, 9.17) is 10.5 Å². The Morgan fingerprint density at radius 1 is 1.38 bits per heavy atom. The molecule has 0 spiro atoms. The minimum atomic E-state index is -0.0420. The molecular formula is C11H15ClN2O2. The van der Waals surface area contributed by atoms with Crippen LogP contribution in [0.4, 0.5) is 5.69 Å². The Kier molecular flexibility index (Phi) is 4.15. The quantitative estimate of drug-likeness (QED) is 0.847. The third kappa shape index (κ3) is 2.46. The lowest BCUT2D eigenvalue weighted by molar-refractivity contribution is -0.117. The van der Waals surface area contributed by atoms with Crippen molar-refractivity contribution in [2.75, 3.05) is 18.6 Å².